The lowest BCUT2D eigenvalue weighted by Crippen LogP contribution is -2.30. The zero-order valence-electron chi connectivity index (χ0n) is 16.7. The lowest BCUT2D eigenvalue weighted by molar-refractivity contribution is 0.475. The Labute approximate surface area is 193 Å². The van der Waals surface area contributed by atoms with E-state index >= 15 is 0 Å². The minimum Gasteiger partial charge on any atom is -0.252 e. The summed E-state index contributed by atoms with van der Waals surface area (Å²) < 4.78 is 23.7. The normalized spacial score (nSPS) is 30.7. The fraction of sp³-hybridized carbons (Fsp3) is 1.00. The van der Waals surface area contributed by atoms with Gasteiger partial charge in [0.2, 0.25) is 0 Å². The fourth-order valence-corrected chi connectivity index (χ4v) is 22.7. The Morgan fingerprint density at radius 1 is 0.700 bits per heavy atom. The Balaban J connectivity index is 3.97. The van der Waals surface area contributed by atoms with Gasteiger partial charge in [0.1, 0.15) is 0 Å². The average Bonchev–Trinajstić information content (AvgIpc) is 2.58. The Morgan fingerprint density at radius 2 is 1.03 bits per heavy atom. The van der Waals surface area contributed by atoms with E-state index < -0.39 is 45.4 Å². The molecule has 0 spiro atoms. The van der Waals surface area contributed by atoms with Crippen LogP contribution in [-0.4, -0.2) is 56.3 Å². The molecule has 0 saturated carbocycles. The first kappa shape index (κ1) is 29.0. The van der Waals surface area contributed by atoms with Gasteiger partial charge in [-0.2, -0.15) is 27.8 Å². The predicted molar refractivity (Wildman–Crippen MR) is 133 cm³/mol. The molecule has 0 aromatic rings. The van der Waals surface area contributed by atoms with Gasteiger partial charge in [-0.3, -0.25) is 14.0 Å². The number of rotatable bonds is 10. The van der Waals surface area contributed by atoms with Crippen molar-refractivity contribution in [2.45, 2.75) is 0 Å². The van der Waals surface area contributed by atoms with Crippen molar-refractivity contribution in [3.05, 3.63) is 0 Å². The minimum atomic E-state index is -3.44. The summed E-state index contributed by atoms with van der Waals surface area (Å²) in [5, 5.41) is 0. The summed E-state index contributed by atoms with van der Waals surface area (Å²) in [4.78, 5) is 21.6. The van der Waals surface area contributed by atoms with Crippen molar-refractivity contribution in [3.63, 3.8) is 0 Å². The molecular formula is C6H22Cl3N15P6. The molecule has 24 heteroatoms. The molecule has 5 atom stereocenters. The number of hydrogen-bond acceptors (Lipinski definition) is 12. The van der Waals surface area contributed by atoms with E-state index in [1.54, 1.807) is 0 Å². The van der Waals surface area contributed by atoms with E-state index in [1.165, 1.54) is 0 Å². The van der Waals surface area contributed by atoms with Gasteiger partial charge in [0.25, 0.3) is 6.71 Å². The third-order valence-corrected chi connectivity index (χ3v) is 19.8. The van der Waals surface area contributed by atoms with Gasteiger partial charge in [0.15, 0.2) is 25.3 Å². The Bertz CT molecular complexity index is 883. The van der Waals surface area contributed by atoms with Gasteiger partial charge < -0.3 is 0 Å². The van der Waals surface area contributed by atoms with Crippen molar-refractivity contribution in [2.24, 2.45) is 47.4 Å². The molecule has 172 valence electrons. The van der Waals surface area contributed by atoms with Crippen LogP contribution in [0.3, 0.4) is 0 Å². The van der Waals surface area contributed by atoms with Crippen LogP contribution in [0.5, 0.6) is 0 Å². The first-order valence-electron chi connectivity index (χ1n) is 7.53. The summed E-state index contributed by atoms with van der Waals surface area (Å²) in [6.45, 7) is -10.3. The molecule has 0 aliphatic carbocycles. The van der Waals surface area contributed by atoms with Crippen LogP contribution in [0, 0.1) is 11.1 Å². The standard InChI is InChI=1S/C6H22Cl3N15P6/c1-22(2)30(23(3)4,24(5)6)21-29(9)19-27(7,16-14-25-12-10)18-28(8,20-29)17-15-26-13-11/h10-11,25-26H,1-6H3. The van der Waals surface area contributed by atoms with Crippen molar-refractivity contribution in [2.75, 3.05) is 42.3 Å². The summed E-state index contributed by atoms with van der Waals surface area (Å²) in [5.41, 5.74) is 13.7. The molecule has 0 bridgehead atoms. The maximum Gasteiger partial charge on any atom is 0.302 e. The molecule has 2 N–H and O–H groups in total. The monoisotopic (exact) mass is 595 g/mol. The van der Waals surface area contributed by atoms with E-state index in [4.69, 9.17) is 49.3 Å². The molecule has 30 heavy (non-hydrogen) atoms. The van der Waals surface area contributed by atoms with Gasteiger partial charge in [-0.1, -0.05) is 0 Å². The predicted octanol–water partition coefficient (Wildman–Crippen LogP) is 9.17. The molecule has 1 heterocycles. The summed E-state index contributed by atoms with van der Waals surface area (Å²) in [6.07, 6.45) is 0. The lowest BCUT2D eigenvalue weighted by Gasteiger charge is -2.41. The topological polar surface area (TPSA) is 181 Å². The van der Waals surface area contributed by atoms with Crippen LogP contribution in [0.25, 0.3) is 0 Å². The SMILES string of the molecule is CN(C)P(=NP1(Cl)=NP(Cl)(N=NPN=N)=NP(Cl)(N=NPN=N)=N1)(N(C)C)N(C)C. The van der Waals surface area contributed by atoms with Crippen molar-refractivity contribution in [3.8, 4) is 0 Å². The summed E-state index contributed by atoms with van der Waals surface area (Å²) in [5.74, 6) is 0. The van der Waals surface area contributed by atoms with Crippen molar-refractivity contribution in [1.29, 1.82) is 11.1 Å². The van der Waals surface area contributed by atoms with E-state index in [1.807, 2.05) is 56.3 Å². The lowest BCUT2D eigenvalue weighted by atomic mass is 11.2. The number of hydrogen-bond donors (Lipinski definition) is 2. The van der Waals surface area contributed by atoms with Crippen LogP contribution < -0.4 is 0 Å². The van der Waals surface area contributed by atoms with E-state index in [-0.39, 0.29) is 0 Å². The highest BCUT2D eigenvalue weighted by Gasteiger charge is 2.39. The number of nitrogens with zero attached hydrogens (tertiary/aromatic N) is 13. The van der Waals surface area contributed by atoms with Crippen molar-refractivity contribution in [1.82, 2.24) is 14.0 Å². The van der Waals surface area contributed by atoms with Crippen LogP contribution in [0.15, 0.2) is 47.4 Å². The van der Waals surface area contributed by atoms with Crippen molar-refractivity contribution < 1.29 is 0 Å². The quantitative estimate of drug-likeness (QED) is 0.189. The van der Waals surface area contributed by atoms with Gasteiger partial charge >= 0.3 is 13.4 Å². The Hall–Kier alpha value is 0.930. The van der Waals surface area contributed by atoms with E-state index in [9.17, 15) is 0 Å². The largest absolute Gasteiger partial charge is 0.302 e. The first-order chi connectivity index (χ1) is 13.8. The molecule has 1 aliphatic heterocycles. The van der Waals surface area contributed by atoms with Crippen LogP contribution in [0.1, 0.15) is 0 Å². The van der Waals surface area contributed by atoms with Crippen LogP contribution >= 0.6 is 79.1 Å². The molecule has 0 fully saturated rings. The minimum absolute atomic E-state index is 0.497. The molecular weight excluding hydrogens is 574 g/mol. The van der Waals surface area contributed by atoms with Crippen LogP contribution in [0.4, 0.5) is 0 Å². The molecule has 0 aromatic carbocycles. The average molecular weight is 597 g/mol. The molecule has 0 aromatic heterocycles. The second-order valence-corrected chi connectivity index (χ2v) is 20.7. The van der Waals surface area contributed by atoms with Crippen molar-refractivity contribution >= 4 is 79.1 Å². The second kappa shape index (κ2) is 11.9. The second-order valence-electron chi connectivity index (χ2n) is 5.72. The highest BCUT2D eigenvalue weighted by Crippen LogP contribution is 2.87. The van der Waals surface area contributed by atoms with Crippen LogP contribution in [0.2, 0.25) is 0 Å². The summed E-state index contributed by atoms with van der Waals surface area (Å²) >= 11 is 20.0. The molecule has 15 nitrogen and oxygen atoms in total. The summed E-state index contributed by atoms with van der Waals surface area (Å²) in [7, 11) is 7.69. The Kier molecular flexibility index (Phi) is 11.5. The third kappa shape index (κ3) is 7.48. The number of nitrogens with one attached hydrogen (secondary N) is 2. The highest BCUT2D eigenvalue weighted by molar-refractivity contribution is 8.08. The molecule has 0 amide bonds. The maximum absolute atomic E-state index is 6.85. The molecule has 0 radical (unpaired) electrons. The van der Waals surface area contributed by atoms with Gasteiger partial charge in [-0.25, -0.2) is 11.1 Å². The Morgan fingerprint density at radius 3 is 1.37 bits per heavy atom. The summed E-state index contributed by atoms with van der Waals surface area (Å²) in [6, 6.07) is 0. The van der Waals surface area contributed by atoms with Gasteiger partial charge in [-0.15, -0.1) is 19.5 Å². The van der Waals surface area contributed by atoms with Gasteiger partial charge in [0, 0.05) is 0 Å². The first-order valence-corrected chi connectivity index (χ1v) is 18.6. The van der Waals surface area contributed by atoms with E-state index in [0.717, 1.165) is 0 Å². The smallest absolute Gasteiger partial charge is 0.252 e. The highest BCUT2D eigenvalue weighted by atomic mass is 35.7. The maximum atomic E-state index is 6.85. The van der Waals surface area contributed by atoms with E-state index in [2.05, 4.69) is 42.9 Å². The zero-order valence-corrected chi connectivity index (χ0v) is 24.6. The molecule has 5 unspecified atom stereocenters. The van der Waals surface area contributed by atoms with Crippen LogP contribution in [-0.2, 0) is 0 Å². The third-order valence-electron chi connectivity index (χ3n) is 3.03. The van der Waals surface area contributed by atoms with E-state index in [0.29, 0.717) is 0 Å². The van der Waals surface area contributed by atoms with Gasteiger partial charge in [-0.05, 0) is 76.0 Å². The zero-order chi connectivity index (χ0) is 23.2. The number of halogens is 3. The fourth-order valence-electron chi connectivity index (χ4n) is 2.26. The molecule has 0 saturated heterocycles. The molecule has 1 rings (SSSR count). The van der Waals surface area contributed by atoms with Gasteiger partial charge in [0.05, 0.1) is 0 Å². The molecule has 1 aliphatic rings.